The van der Waals surface area contributed by atoms with Crippen LogP contribution in [0.2, 0.25) is 0 Å². The van der Waals surface area contributed by atoms with Gasteiger partial charge in [0.15, 0.2) is 6.29 Å². The molecule has 1 aromatic heterocycles. The topological polar surface area (TPSA) is 137 Å². The largest absolute Gasteiger partial charge is 0.481 e. The molecule has 262 valence electrons. The highest BCUT2D eigenvalue weighted by atomic mass is 16.7. The summed E-state index contributed by atoms with van der Waals surface area (Å²) < 4.78 is 13.3. The van der Waals surface area contributed by atoms with Gasteiger partial charge in [0.05, 0.1) is 18.8 Å². The third-order valence-electron chi connectivity index (χ3n) is 9.32. The van der Waals surface area contributed by atoms with Gasteiger partial charge in [0, 0.05) is 76.5 Å². The van der Waals surface area contributed by atoms with Crippen LogP contribution in [0, 0.1) is 0 Å². The number of carboxylic acid groups (broad SMARTS) is 1. The Bertz CT molecular complexity index is 1680. The molecule has 2 fully saturated rings. The minimum Gasteiger partial charge on any atom is -0.481 e. The SMILES string of the molecule is O=C(O)CCCCC(=O)NCc1ccccc1-c1ccc([C@@H]2O[C@H](CN3CCN(c4ncccn4)CC3)C[C@H](c3ccc(CO)cc3)O2)cc1. The number of piperazine rings is 1. The molecule has 2 saturated heterocycles. The Balaban J connectivity index is 1.12. The van der Waals surface area contributed by atoms with Gasteiger partial charge in [-0.15, -0.1) is 0 Å². The van der Waals surface area contributed by atoms with Crippen LogP contribution < -0.4 is 10.2 Å². The normalized spacial score (nSPS) is 19.6. The summed E-state index contributed by atoms with van der Waals surface area (Å²) in [7, 11) is 0. The number of anilines is 1. The molecule has 2 aliphatic rings. The Labute approximate surface area is 292 Å². The van der Waals surface area contributed by atoms with Crippen LogP contribution in [0.1, 0.15) is 66.8 Å². The van der Waals surface area contributed by atoms with Crippen molar-refractivity contribution in [3.8, 4) is 11.1 Å². The molecule has 2 aliphatic heterocycles. The lowest BCUT2D eigenvalue weighted by Crippen LogP contribution is -2.50. The van der Waals surface area contributed by atoms with Gasteiger partial charge in [-0.2, -0.15) is 0 Å². The monoisotopic (exact) mass is 679 g/mol. The summed E-state index contributed by atoms with van der Waals surface area (Å²) in [6.45, 7) is 4.64. The van der Waals surface area contributed by atoms with Crippen molar-refractivity contribution in [2.45, 2.75) is 63.8 Å². The van der Waals surface area contributed by atoms with Crippen molar-refractivity contribution in [3.05, 3.63) is 114 Å². The predicted octanol–water partition coefficient (Wildman–Crippen LogP) is 5.26. The average molecular weight is 680 g/mol. The first-order chi connectivity index (χ1) is 24.4. The minimum absolute atomic E-state index is 0.00336. The number of carbonyl (C=O) groups is 2. The number of hydrogen-bond donors (Lipinski definition) is 3. The summed E-state index contributed by atoms with van der Waals surface area (Å²) in [6.07, 6.45) is 4.90. The van der Waals surface area contributed by atoms with Crippen molar-refractivity contribution in [1.29, 1.82) is 0 Å². The highest BCUT2D eigenvalue weighted by molar-refractivity contribution is 5.76. The Morgan fingerprint density at radius 1 is 0.820 bits per heavy atom. The first kappa shape index (κ1) is 35.2. The lowest BCUT2D eigenvalue weighted by atomic mass is 9.97. The number of carbonyl (C=O) groups excluding carboxylic acids is 1. The number of hydrogen-bond acceptors (Lipinski definition) is 9. The van der Waals surface area contributed by atoms with E-state index in [9.17, 15) is 14.7 Å². The van der Waals surface area contributed by atoms with Gasteiger partial charge < -0.3 is 29.9 Å². The van der Waals surface area contributed by atoms with Crippen LogP contribution in [-0.4, -0.2) is 75.8 Å². The Hall–Kier alpha value is -4.68. The zero-order valence-electron chi connectivity index (χ0n) is 28.2. The maximum Gasteiger partial charge on any atom is 0.303 e. The predicted molar refractivity (Wildman–Crippen MR) is 189 cm³/mol. The maximum absolute atomic E-state index is 12.4. The number of rotatable bonds is 14. The summed E-state index contributed by atoms with van der Waals surface area (Å²) >= 11 is 0. The van der Waals surface area contributed by atoms with Gasteiger partial charge in [-0.05, 0) is 46.7 Å². The molecule has 1 amide bonds. The van der Waals surface area contributed by atoms with Gasteiger partial charge >= 0.3 is 5.97 Å². The number of nitrogens with one attached hydrogen (secondary N) is 1. The van der Waals surface area contributed by atoms with Crippen LogP contribution in [0.25, 0.3) is 11.1 Å². The van der Waals surface area contributed by atoms with E-state index in [4.69, 9.17) is 14.6 Å². The van der Waals surface area contributed by atoms with Crippen LogP contribution in [0.4, 0.5) is 5.95 Å². The molecule has 50 heavy (non-hydrogen) atoms. The number of nitrogens with zero attached hydrogens (tertiary/aromatic N) is 4. The lowest BCUT2D eigenvalue weighted by Gasteiger charge is -2.40. The molecule has 0 bridgehead atoms. The molecular weight excluding hydrogens is 634 g/mol. The standard InChI is InChI=1S/C39H45N5O6/c45-27-28-10-12-30(13-11-28)35-24-33(26-43-20-22-44(23-21-43)39-40-18-5-19-41-39)49-38(50-35)31-16-14-29(15-17-31)34-7-2-1-6-32(34)25-42-36(46)8-3-4-9-37(47)48/h1-2,5-7,10-19,33,35,38,45H,3-4,8-9,20-27H2,(H,42,46)(H,47,48)/t33-,35+,38+/m0/s1. The second kappa shape index (κ2) is 17.3. The number of ether oxygens (including phenoxy) is 2. The van der Waals surface area contributed by atoms with E-state index < -0.39 is 12.3 Å². The van der Waals surface area contributed by atoms with Gasteiger partial charge in [-0.1, -0.05) is 72.8 Å². The molecule has 11 heteroatoms. The highest BCUT2D eigenvalue weighted by Crippen LogP contribution is 2.39. The van der Waals surface area contributed by atoms with E-state index in [0.29, 0.717) is 32.2 Å². The maximum atomic E-state index is 12.4. The Kier molecular flexibility index (Phi) is 12.2. The molecule has 11 nitrogen and oxygen atoms in total. The Morgan fingerprint density at radius 2 is 1.52 bits per heavy atom. The van der Waals surface area contributed by atoms with Crippen LogP contribution in [-0.2, 0) is 32.2 Å². The first-order valence-corrected chi connectivity index (χ1v) is 17.4. The van der Waals surface area contributed by atoms with Crippen LogP contribution >= 0.6 is 0 Å². The first-order valence-electron chi connectivity index (χ1n) is 17.4. The lowest BCUT2D eigenvalue weighted by molar-refractivity contribution is -0.253. The molecule has 3 N–H and O–H groups in total. The number of unbranched alkanes of at least 4 members (excludes halogenated alkanes) is 1. The summed E-state index contributed by atoms with van der Waals surface area (Å²) in [5, 5.41) is 21.4. The number of benzene rings is 3. The van der Waals surface area contributed by atoms with Crippen molar-refractivity contribution in [2.24, 2.45) is 0 Å². The zero-order chi connectivity index (χ0) is 34.7. The third-order valence-corrected chi connectivity index (χ3v) is 9.32. The van der Waals surface area contributed by atoms with E-state index in [-0.39, 0.29) is 31.1 Å². The number of aromatic nitrogens is 2. The number of aliphatic carboxylic acids is 1. The van der Waals surface area contributed by atoms with Crippen molar-refractivity contribution in [3.63, 3.8) is 0 Å². The second-order valence-electron chi connectivity index (χ2n) is 12.8. The van der Waals surface area contributed by atoms with E-state index in [1.54, 1.807) is 12.4 Å². The minimum atomic E-state index is -0.843. The number of aliphatic hydroxyl groups is 1. The zero-order valence-corrected chi connectivity index (χ0v) is 28.2. The fraction of sp³-hybridized carbons (Fsp3) is 0.385. The molecule has 3 heterocycles. The summed E-state index contributed by atoms with van der Waals surface area (Å²) in [4.78, 5) is 36.6. The van der Waals surface area contributed by atoms with Gasteiger partial charge in [0.1, 0.15) is 0 Å². The van der Waals surface area contributed by atoms with Crippen molar-refractivity contribution in [1.82, 2.24) is 20.2 Å². The van der Waals surface area contributed by atoms with Gasteiger partial charge in [0.2, 0.25) is 11.9 Å². The average Bonchev–Trinajstić information content (AvgIpc) is 3.16. The van der Waals surface area contributed by atoms with Gasteiger partial charge in [0.25, 0.3) is 0 Å². The van der Waals surface area contributed by atoms with E-state index in [0.717, 1.165) is 72.1 Å². The fourth-order valence-electron chi connectivity index (χ4n) is 6.53. The third kappa shape index (κ3) is 9.51. The smallest absolute Gasteiger partial charge is 0.303 e. The van der Waals surface area contributed by atoms with Crippen molar-refractivity contribution in [2.75, 3.05) is 37.6 Å². The molecule has 4 aromatic rings. The quantitative estimate of drug-likeness (QED) is 0.151. The summed E-state index contributed by atoms with van der Waals surface area (Å²) in [5.41, 5.74) is 5.88. The van der Waals surface area contributed by atoms with Crippen LogP contribution in [0.3, 0.4) is 0 Å². The number of amides is 1. The van der Waals surface area contributed by atoms with E-state index in [1.165, 1.54) is 0 Å². The van der Waals surface area contributed by atoms with Crippen LogP contribution in [0.5, 0.6) is 0 Å². The van der Waals surface area contributed by atoms with Crippen molar-refractivity contribution >= 4 is 17.8 Å². The van der Waals surface area contributed by atoms with Gasteiger partial charge in [-0.3, -0.25) is 14.5 Å². The fourth-order valence-corrected chi connectivity index (χ4v) is 6.53. The molecule has 0 radical (unpaired) electrons. The molecule has 0 spiro atoms. The number of aliphatic hydroxyl groups excluding tert-OH is 1. The molecular formula is C39H45N5O6. The van der Waals surface area contributed by atoms with E-state index in [2.05, 4.69) is 37.2 Å². The van der Waals surface area contributed by atoms with E-state index >= 15 is 0 Å². The molecule has 0 unspecified atom stereocenters. The summed E-state index contributed by atoms with van der Waals surface area (Å²) in [6, 6.07) is 26.0. The molecule has 0 aliphatic carbocycles. The highest BCUT2D eigenvalue weighted by Gasteiger charge is 2.34. The van der Waals surface area contributed by atoms with E-state index in [1.807, 2.05) is 66.7 Å². The Morgan fingerprint density at radius 3 is 2.24 bits per heavy atom. The van der Waals surface area contributed by atoms with Gasteiger partial charge in [-0.25, -0.2) is 9.97 Å². The summed E-state index contributed by atoms with van der Waals surface area (Å²) in [5.74, 6) is -0.166. The second-order valence-corrected chi connectivity index (χ2v) is 12.8. The van der Waals surface area contributed by atoms with Crippen LogP contribution in [0.15, 0.2) is 91.3 Å². The molecule has 3 aromatic carbocycles. The van der Waals surface area contributed by atoms with Crippen molar-refractivity contribution < 1.29 is 29.3 Å². The molecule has 6 rings (SSSR count). The molecule has 3 atom stereocenters. The molecule has 0 saturated carbocycles. The number of carboxylic acids is 1.